The Morgan fingerprint density at radius 1 is 1.17 bits per heavy atom. The van der Waals surface area contributed by atoms with Crippen molar-refractivity contribution >= 4 is 45.5 Å². The first-order valence-electron chi connectivity index (χ1n) is 9.55. The second-order valence-electron chi connectivity index (χ2n) is 7.06. The fraction of sp³-hybridized carbons (Fsp3) is 0.333. The van der Waals surface area contributed by atoms with Crippen LogP contribution in [0.5, 0.6) is 5.75 Å². The number of benzene rings is 2. The number of ether oxygens (including phenoxy) is 1. The third-order valence-electron chi connectivity index (χ3n) is 4.36. The molecule has 3 rings (SSSR count). The van der Waals surface area contributed by atoms with Gasteiger partial charge < -0.3 is 15.4 Å². The molecule has 2 N–H and O–H groups in total. The number of carbonyl (C=O) groups is 4. The highest BCUT2D eigenvalue weighted by Gasteiger charge is 2.29. The van der Waals surface area contributed by atoms with Gasteiger partial charge in [0.2, 0.25) is 5.91 Å². The van der Waals surface area contributed by atoms with E-state index in [9.17, 15) is 19.2 Å². The highest BCUT2D eigenvalue weighted by molar-refractivity contribution is 8.14. The van der Waals surface area contributed by atoms with Crippen molar-refractivity contribution < 1.29 is 23.9 Å². The van der Waals surface area contributed by atoms with E-state index in [4.69, 9.17) is 4.74 Å². The van der Waals surface area contributed by atoms with Crippen LogP contribution in [0.4, 0.5) is 4.79 Å². The van der Waals surface area contributed by atoms with Crippen molar-refractivity contribution in [3.05, 3.63) is 42.0 Å². The molecular formula is C21H23N3O5S. The van der Waals surface area contributed by atoms with Crippen molar-refractivity contribution in [3.63, 3.8) is 0 Å². The molecule has 1 aliphatic heterocycles. The molecule has 0 atom stereocenters. The molecular weight excluding hydrogens is 406 g/mol. The summed E-state index contributed by atoms with van der Waals surface area (Å²) in [5, 5.41) is 6.87. The van der Waals surface area contributed by atoms with E-state index in [2.05, 4.69) is 10.6 Å². The predicted molar refractivity (Wildman–Crippen MR) is 115 cm³/mol. The first kappa shape index (κ1) is 21.6. The van der Waals surface area contributed by atoms with E-state index in [1.165, 1.54) is 0 Å². The number of hydrogen-bond donors (Lipinski definition) is 2. The molecule has 8 nitrogen and oxygen atoms in total. The summed E-state index contributed by atoms with van der Waals surface area (Å²) in [4.78, 5) is 49.2. The molecule has 0 saturated carbocycles. The van der Waals surface area contributed by atoms with Crippen molar-refractivity contribution in [3.8, 4) is 5.75 Å². The molecule has 0 radical (unpaired) electrons. The lowest BCUT2D eigenvalue weighted by atomic mass is 10.1. The van der Waals surface area contributed by atoms with Gasteiger partial charge in [0.1, 0.15) is 5.75 Å². The summed E-state index contributed by atoms with van der Waals surface area (Å²) in [5.74, 6) is -0.535. The van der Waals surface area contributed by atoms with Crippen LogP contribution < -0.4 is 15.4 Å². The van der Waals surface area contributed by atoms with Crippen molar-refractivity contribution in [1.29, 1.82) is 0 Å². The summed E-state index contributed by atoms with van der Waals surface area (Å²) in [5.41, 5.74) is 0.277. The Balaban J connectivity index is 1.73. The quantitative estimate of drug-likeness (QED) is 0.666. The van der Waals surface area contributed by atoms with E-state index >= 15 is 0 Å². The number of fused-ring (bicyclic) bond motifs is 1. The molecule has 2 aromatic carbocycles. The van der Waals surface area contributed by atoms with Gasteiger partial charge in [0, 0.05) is 19.1 Å². The largest absolute Gasteiger partial charge is 0.483 e. The lowest BCUT2D eigenvalue weighted by molar-refractivity contribution is -0.125. The number of nitrogens with zero attached hydrogens (tertiary/aromatic N) is 1. The molecule has 1 fully saturated rings. The Bertz CT molecular complexity index is 976. The van der Waals surface area contributed by atoms with E-state index < -0.39 is 5.91 Å². The number of thioether (sulfide) groups is 1. The summed E-state index contributed by atoms with van der Waals surface area (Å²) in [6.07, 6.45) is 0. The molecule has 158 valence electrons. The summed E-state index contributed by atoms with van der Waals surface area (Å²) < 4.78 is 5.65. The predicted octanol–water partition coefficient (Wildman–Crippen LogP) is 2.17. The fourth-order valence-electron chi connectivity index (χ4n) is 3.00. The molecule has 0 bridgehead atoms. The standard InChI is InChI=1S/C21H23N3O5S/c1-13(2)23-18(25)11-29-17-10-15-6-4-3-5-14(15)9-16(17)20(27)22-7-8-24-19(26)12-30-21(24)28/h3-6,9-10,13H,7-8,11-12H2,1-2H3,(H,22,27)(H,23,25). The van der Waals surface area contributed by atoms with E-state index in [0.717, 1.165) is 27.4 Å². The van der Waals surface area contributed by atoms with Gasteiger partial charge in [0.05, 0.1) is 11.3 Å². The van der Waals surface area contributed by atoms with Gasteiger partial charge in [0.15, 0.2) is 6.61 Å². The smallest absolute Gasteiger partial charge is 0.288 e. The lowest BCUT2D eigenvalue weighted by Gasteiger charge is -2.16. The van der Waals surface area contributed by atoms with E-state index in [1.807, 2.05) is 38.1 Å². The first-order valence-corrected chi connectivity index (χ1v) is 10.5. The number of imide groups is 1. The van der Waals surface area contributed by atoms with E-state index in [1.54, 1.807) is 12.1 Å². The average Bonchev–Trinajstić information content (AvgIpc) is 3.03. The maximum absolute atomic E-state index is 12.8. The van der Waals surface area contributed by atoms with Crippen LogP contribution in [0.3, 0.4) is 0 Å². The van der Waals surface area contributed by atoms with Gasteiger partial charge in [-0.2, -0.15) is 0 Å². The van der Waals surface area contributed by atoms with Crippen LogP contribution in [0.25, 0.3) is 10.8 Å². The molecule has 9 heteroatoms. The Morgan fingerprint density at radius 2 is 1.87 bits per heavy atom. The number of nitrogens with one attached hydrogen (secondary N) is 2. The zero-order valence-electron chi connectivity index (χ0n) is 16.8. The number of amides is 4. The number of hydrogen-bond acceptors (Lipinski definition) is 6. The van der Waals surface area contributed by atoms with Crippen molar-refractivity contribution in [2.75, 3.05) is 25.4 Å². The van der Waals surface area contributed by atoms with Gasteiger partial charge >= 0.3 is 0 Å². The van der Waals surface area contributed by atoms with Crippen LogP contribution in [0.15, 0.2) is 36.4 Å². The van der Waals surface area contributed by atoms with Crippen molar-refractivity contribution in [1.82, 2.24) is 15.5 Å². The third-order valence-corrected chi connectivity index (χ3v) is 5.22. The Morgan fingerprint density at radius 3 is 2.50 bits per heavy atom. The molecule has 0 spiro atoms. The Labute approximate surface area is 178 Å². The van der Waals surface area contributed by atoms with Gasteiger partial charge in [-0.25, -0.2) is 0 Å². The highest BCUT2D eigenvalue weighted by atomic mass is 32.2. The van der Waals surface area contributed by atoms with E-state index in [0.29, 0.717) is 0 Å². The van der Waals surface area contributed by atoms with Crippen molar-refractivity contribution in [2.24, 2.45) is 0 Å². The van der Waals surface area contributed by atoms with Crippen LogP contribution in [-0.4, -0.2) is 59.4 Å². The van der Waals surface area contributed by atoms with Crippen LogP contribution in [0.2, 0.25) is 0 Å². The van der Waals surface area contributed by atoms with Crippen LogP contribution in [0.1, 0.15) is 24.2 Å². The second kappa shape index (κ2) is 9.62. The minimum atomic E-state index is -0.410. The zero-order valence-corrected chi connectivity index (χ0v) is 17.6. The van der Waals surface area contributed by atoms with Crippen LogP contribution >= 0.6 is 11.8 Å². The SMILES string of the molecule is CC(C)NC(=O)COc1cc2ccccc2cc1C(=O)NCCN1C(=O)CSC1=O. The first-order chi connectivity index (χ1) is 14.3. The van der Waals surface area contributed by atoms with Crippen molar-refractivity contribution in [2.45, 2.75) is 19.9 Å². The fourth-order valence-corrected chi connectivity index (χ4v) is 3.75. The van der Waals surface area contributed by atoms with E-state index in [-0.39, 0.29) is 59.9 Å². The van der Waals surface area contributed by atoms with Crippen LogP contribution in [-0.2, 0) is 9.59 Å². The van der Waals surface area contributed by atoms with Crippen LogP contribution in [0, 0.1) is 0 Å². The minimum Gasteiger partial charge on any atom is -0.483 e. The molecule has 0 aromatic heterocycles. The topological polar surface area (TPSA) is 105 Å². The molecule has 4 amide bonds. The summed E-state index contributed by atoms with van der Waals surface area (Å²) in [6.45, 7) is 3.71. The molecule has 0 unspecified atom stereocenters. The molecule has 0 aliphatic carbocycles. The minimum absolute atomic E-state index is 0.0188. The number of carbonyl (C=O) groups excluding carboxylic acids is 4. The summed E-state index contributed by atoms with van der Waals surface area (Å²) >= 11 is 0.953. The Hall–Kier alpha value is -3.07. The second-order valence-corrected chi connectivity index (χ2v) is 7.99. The molecule has 1 aliphatic rings. The highest BCUT2D eigenvalue weighted by Crippen LogP contribution is 2.26. The maximum Gasteiger partial charge on any atom is 0.288 e. The summed E-state index contributed by atoms with van der Waals surface area (Å²) in [6, 6.07) is 10.9. The van der Waals surface area contributed by atoms with Gasteiger partial charge in [0.25, 0.3) is 17.1 Å². The van der Waals surface area contributed by atoms with Gasteiger partial charge in [-0.1, -0.05) is 36.0 Å². The average molecular weight is 429 g/mol. The number of rotatable bonds is 8. The molecule has 1 saturated heterocycles. The molecule has 1 heterocycles. The third kappa shape index (κ3) is 5.29. The molecule has 30 heavy (non-hydrogen) atoms. The normalized spacial score (nSPS) is 13.8. The van der Waals surface area contributed by atoms with Gasteiger partial charge in [-0.05, 0) is 36.8 Å². The van der Waals surface area contributed by atoms with Gasteiger partial charge in [-0.3, -0.25) is 24.1 Å². The monoisotopic (exact) mass is 429 g/mol. The molecule has 2 aromatic rings. The zero-order chi connectivity index (χ0) is 21.7. The maximum atomic E-state index is 12.8. The van der Waals surface area contributed by atoms with Gasteiger partial charge in [-0.15, -0.1) is 0 Å². The Kier molecular flexibility index (Phi) is 6.94. The summed E-state index contributed by atoms with van der Waals surface area (Å²) in [7, 11) is 0. The lowest BCUT2D eigenvalue weighted by Crippen LogP contribution is -2.37.